The molecule has 2 unspecified atom stereocenters. The summed E-state index contributed by atoms with van der Waals surface area (Å²) in [6.45, 7) is 2.29. The van der Waals surface area contributed by atoms with Crippen LogP contribution in [0, 0.1) is 11.8 Å². The third-order valence-corrected chi connectivity index (χ3v) is 4.89. The molecule has 0 heterocycles. The molecule has 118 valence electrons. The van der Waals surface area contributed by atoms with E-state index in [2.05, 4.69) is 6.92 Å². The van der Waals surface area contributed by atoms with Gasteiger partial charge in [0.05, 0.1) is 0 Å². The number of hydrogen-bond donors (Lipinski definition) is 0. The van der Waals surface area contributed by atoms with Crippen molar-refractivity contribution in [3.05, 3.63) is 0 Å². The zero-order chi connectivity index (χ0) is 14.5. The van der Waals surface area contributed by atoms with Crippen LogP contribution in [0.5, 0.6) is 0 Å². The van der Waals surface area contributed by atoms with Crippen molar-refractivity contribution >= 4 is 6.29 Å². The maximum absolute atomic E-state index is 10.2. The Kier molecular flexibility index (Phi) is 11.0. The first-order chi connectivity index (χ1) is 9.88. The summed E-state index contributed by atoms with van der Waals surface area (Å²) in [6, 6.07) is 0. The van der Waals surface area contributed by atoms with Gasteiger partial charge in [0.15, 0.2) is 0 Å². The van der Waals surface area contributed by atoms with Crippen molar-refractivity contribution in [1.82, 2.24) is 0 Å². The smallest absolute Gasteiger partial charge is 0.119 e. The summed E-state index contributed by atoms with van der Waals surface area (Å²) in [7, 11) is 0. The summed E-state index contributed by atoms with van der Waals surface area (Å²) in [5.41, 5.74) is 0. The van der Waals surface area contributed by atoms with Crippen molar-refractivity contribution in [2.24, 2.45) is 11.8 Å². The SMILES string of the molecule is CCCCCCCCC1CC1CCCCCCCC=O. The van der Waals surface area contributed by atoms with E-state index in [-0.39, 0.29) is 0 Å². The first kappa shape index (κ1) is 17.7. The zero-order valence-corrected chi connectivity index (χ0v) is 13.7. The van der Waals surface area contributed by atoms with Gasteiger partial charge >= 0.3 is 0 Å². The van der Waals surface area contributed by atoms with Gasteiger partial charge in [0.2, 0.25) is 0 Å². The van der Waals surface area contributed by atoms with E-state index >= 15 is 0 Å². The minimum Gasteiger partial charge on any atom is -0.303 e. The number of rotatable bonds is 15. The zero-order valence-electron chi connectivity index (χ0n) is 13.7. The third-order valence-electron chi connectivity index (χ3n) is 4.89. The van der Waals surface area contributed by atoms with E-state index in [1.165, 1.54) is 83.5 Å². The van der Waals surface area contributed by atoms with E-state index in [1.807, 2.05) is 0 Å². The van der Waals surface area contributed by atoms with Gasteiger partial charge in [-0.1, -0.05) is 84.0 Å². The normalized spacial score (nSPS) is 21.1. The lowest BCUT2D eigenvalue weighted by Crippen LogP contribution is -1.87. The van der Waals surface area contributed by atoms with Gasteiger partial charge < -0.3 is 4.79 Å². The highest BCUT2D eigenvalue weighted by molar-refractivity contribution is 5.48. The summed E-state index contributed by atoms with van der Waals surface area (Å²) in [4.78, 5) is 10.2. The van der Waals surface area contributed by atoms with Gasteiger partial charge in [0.1, 0.15) is 6.29 Å². The Morgan fingerprint density at radius 2 is 1.25 bits per heavy atom. The number of carbonyl (C=O) groups excluding carboxylic acids is 1. The van der Waals surface area contributed by atoms with Crippen molar-refractivity contribution in [2.45, 2.75) is 103 Å². The third kappa shape index (κ3) is 9.55. The Morgan fingerprint density at radius 1 is 0.750 bits per heavy atom. The summed E-state index contributed by atoms with van der Waals surface area (Å²) in [5, 5.41) is 0. The number of carbonyl (C=O) groups is 1. The van der Waals surface area contributed by atoms with Gasteiger partial charge in [0, 0.05) is 6.42 Å². The van der Waals surface area contributed by atoms with E-state index < -0.39 is 0 Å². The molecule has 20 heavy (non-hydrogen) atoms. The number of hydrogen-bond acceptors (Lipinski definition) is 1. The lowest BCUT2D eigenvalue weighted by Gasteiger charge is -2.02. The molecule has 0 spiro atoms. The molecule has 1 heteroatoms. The van der Waals surface area contributed by atoms with E-state index in [4.69, 9.17) is 0 Å². The molecule has 0 radical (unpaired) electrons. The van der Waals surface area contributed by atoms with Crippen LogP contribution in [0.4, 0.5) is 0 Å². The minimum atomic E-state index is 0.767. The maximum Gasteiger partial charge on any atom is 0.119 e. The van der Waals surface area contributed by atoms with Crippen molar-refractivity contribution in [3.63, 3.8) is 0 Å². The predicted octanol–water partition coefficient (Wildman–Crippen LogP) is 6.30. The average Bonchev–Trinajstić information content (AvgIpc) is 3.20. The fourth-order valence-electron chi connectivity index (χ4n) is 3.37. The highest BCUT2D eigenvalue weighted by atomic mass is 16.1. The Hall–Kier alpha value is -0.330. The topological polar surface area (TPSA) is 17.1 Å². The largest absolute Gasteiger partial charge is 0.303 e. The van der Waals surface area contributed by atoms with Crippen molar-refractivity contribution in [3.8, 4) is 0 Å². The standard InChI is InChI=1S/C19H36O/c1-2-3-4-5-8-11-14-18-17-19(18)15-12-9-6-7-10-13-16-20/h16,18-19H,2-15,17H2,1H3. The van der Waals surface area contributed by atoms with Gasteiger partial charge in [-0.05, 0) is 24.7 Å². The first-order valence-corrected chi connectivity index (χ1v) is 9.32. The Balaban J connectivity index is 1.76. The van der Waals surface area contributed by atoms with Gasteiger partial charge in [-0.2, -0.15) is 0 Å². The fourth-order valence-corrected chi connectivity index (χ4v) is 3.37. The summed E-state index contributed by atoms with van der Waals surface area (Å²) >= 11 is 0. The summed E-state index contributed by atoms with van der Waals surface area (Å²) < 4.78 is 0. The van der Waals surface area contributed by atoms with Crippen LogP contribution in [-0.2, 0) is 4.79 Å². The van der Waals surface area contributed by atoms with Crippen LogP contribution in [0.25, 0.3) is 0 Å². The van der Waals surface area contributed by atoms with E-state index in [0.717, 1.165) is 31.0 Å². The Morgan fingerprint density at radius 3 is 1.80 bits per heavy atom. The van der Waals surface area contributed by atoms with Gasteiger partial charge in [-0.25, -0.2) is 0 Å². The van der Waals surface area contributed by atoms with Crippen LogP contribution in [-0.4, -0.2) is 6.29 Å². The second kappa shape index (κ2) is 12.4. The van der Waals surface area contributed by atoms with E-state index in [1.54, 1.807) is 0 Å². The van der Waals surface area contributed by atoms with Gasteiger partial charge in [-0.15, -0.1) is 0 Å². The lowest BCUT2D eigenvalue weighted by molar-refractivity contribution is -0.107. The minimum absolute atomic E-state index is 0.767. The van der Waals surface area contributed by atoms with Crippen LogP contribution in [0.1, 0.15) is 103 Å². The fraction of sp³-hybridized carbons (Fsp3) is 0.947. The van der Waals surface area contributed by atoms with Crippen LogP contribution >= 0.6 is 0 Å². The second-order valence-electron chi connectivity index (χ2n) is 6.82. The molecule has 0 aromatic heterocycles. The summed E-state index contributed by atoms with van der Waals surface area (Å²) in [5.74, 6) is 2.18. The molecule has 0 bridgehead atoms. The number of aldehydes is 1. The molecule has 2 atom stereocenters. The second-order valence-corrected chi connectivity index (χ2v) is 6.82. The van der Waals surface area contributed by atoms with Crippen LogP contribution in [0.15, 0.2) is 0 Å². The molecule has 0 saturated heterocycles. The molecule has 0 amide bonds. The molecule has 0 aliphatic heterocycles. The lowest BCUT2D eigenvalue weighted by atomic mass is 10.0. The predicted molar refractivity (Wildman–Crippen MR) is 88.0 cm³/mol. The molecular formula is C19H36O. The highest BCUT2D eigenvalue weighted by Gasteiger charge is 2.34. The van der Waals surface area contributed by atoms with E-state index in [0.29, 0.717) is 0 Å². The number of unbranched alkanes of at least 4 members (excludes halogenated alkanes) is 10. The van der Waals surface area contributed by atoms with Crippen LogP contribution < -0.4 is 0 Å². The van der Waals surface area contributed by atoms with E-state index in [9.17, 15) is 4.79 Å². The van der Waals surface area contributed by atoms with Crippen molar-refractivity contribution in [1.29, 1.82) is 0 Å². The molecule has 1 nitrogen and oxygen atoms in total. The molecule has 1 aliphatic rings. The van der Waals surface area contributed by atoms with Crippen molar-refractivity contribution < 1.29 is 4.79 Å². The Labute approximate surface area is 126 Å². The summed E-state index contributed by atoms with van der Waals surface area (Å²) in [6.07, 6.45) is 21.5. The monoisotopic (exact) mass is 280 g/mol. The molecule has 0 aromatic carbocycles. The maximum atomic E-state index is 10.2. The van der Waals surface area contributed by atoms with Crippen LogP contribution in [0.3, 0.4) is 0 Å². The molecule has 1 saturated carbocycles. The molecule has 1 aliphatic carbocycles. The Bertz CT molecular complexity index is 224. The molecular weight excluding hydrogens is 244 g/mol. The van der Waals surface area contributed by atoms with Gasteiger partial charge in [0.25, 0.3) is 0 Å². The molecule has 1 rings (SSSR count). The average molecular weight is 280 g/mol. The van der Waals surface area contributed by atoms with Gasteiger partial charge in [-0.3, -0.25) is 0 Å². The first-order valence-electron chi connectivity index (χ1n) is 9.32. The highest BCUT2D eigenvalue weighted by Crippen LogP contribution is 2.45. The molecule has 1 fully saturated rings. The molecule has 0 N–H and O–H groups in total. The quantitative estimate of drug-likeness (QED) is 0.254. The molecule has 0 aromatic rings. The van der Waals surface area contributed by atoms with Crippen LogP contribution in [0.2, 0.25) is 0 Å². The van der Waals surface area contributed by atoms with Crippen molar-refractivity contribution in [2.75, 3.05) is 0 Å².